The van der Waals surface area contributed by atoms with Crippen LogP contribution in [0, 0.1) is 0 Å². The second-order valence-electron chi connectivity index (χ2n) is 6.67. The Bertz CT molecular complexity index is 1280. The molecule has 0 spiro atoms. The van der Waals surface area contributed by atoms with Crippen molar-refractivity contribution >= 4 is 45.4 Å². The Hall–Kier alpha value is -4.72. The first kappa shape index (κ1) is 22.0. The van der Waals surface area contributed by atoms with Crippen LogP contribution in [-0.2, 0) is 0 Å². The normalized spacial score (nSPS) is 10.2. The van der Waals surface area contributed by atoms with Crippen LogP contribution in [-0.4, -0.2) is 44.3 Å². The van der Waals surface area contributed by atoms with Crippen molar-refractivity contribution in [2.24, 2.45) is 0 Å². The molecule has 0 saturated heterocycles. The van der Waals surface area contributed by atoms with Crippen molar-refractivity contribution in [2.45, 2.75) is 0 Å². The molecule has 8 nitrogen and oxygen atoms in total. The van der Waals surface area contributed by atoms with Crippen LogP contribution in [0.15, 0.2) is 72.8 Å². The lowest BCUT2D eigenvalue weighted by atomic mass is 10.0. The number of carbonyl (C=O) groups is 4. The van der Waals surface area contributed by atoms with E-state index < -0.39 is 23.9 Å². The lowest BCUT2D eigenvalue weighted by Gasteiger charge is -2.04. The minimum absolute atomic E-state index is 0.112. The number of rotatable bonds is 4. The maximum atomic E-state index is 10.9. The van der Waals surface area contributed by atoms with Gasteiger partial charge in [0.2, 0.25) is 0 Å². The first-order valence-electron chi connectivity index (χ1n) is 9.18. The lowest BCUT2D eigenvalue weighted by molar-refractivity contribution is 0.0652. The zero-order chi connectivity index (χ0) is 23.4. The Kier molecular flexibility index (Phi) is 6.16. The summed E-state index contributed by atoms with van der Waals surface area (Å²) < 4.78 is 0. The van der Waals surface area contributed by atoms with E-state index in [1.807, 2.05) is 0 Å². The van der Waals surface area contributed by atoms with Crippen LogP contribution < -0.4 is 0 Å². The van der Waals surface area contributed by atoms with Crippen LogP contribution in [0.5, 0.6) is 0 Å². The number of aromatic carboxylic acids is 4. The van der Waals surface area contributed by atoms with E-state index in [9.17, 15) is 19.2 Å². The molecule has 0 aliphatic carbocycles. The Balaban J connectivity index is 0.000000181. The van der Waals surface area contributed by atoms with Gasteiger partial charge in [0.25, 0.3) is 0 Å². The van der Waals surface area contributed by atoms with E-state index in [1.54, 1.807) is 36.4 Å². The van der Waals surface area contributed by atoms with E-state index in [-0.39, 0.29) is 22.3 Å². The molecule has 0 fully saturated rings. The predicted octanol–water partition coefficient (Wildman–Crippen LogP) is 4.47. The first-order chi connectivity index (χ1) is 15.2. The van der Waals surface area contributed by atoms with Crippen molar-refractivity contribution in [1.82, 2.24) is 0 Å². The zero-order valence-electron chi connectivity index (χ0n) is 16.4. The molecule has 0 aliphatic heterocycles. The average Bonchev–Trinajstić information content (AvgIpc) is 2.77. The van der Waals surface area contributed by atoms with Crippen LogP contribution in [0.25, 0.3) is 21.5 Å². The van der Waals surface area contributed by atoms with Gasteiger partial charge >= 0.3 is 23.9 Å². The monoisotopic (exact) mass is 432 g/mol. The summed E-state index contributed by atoms with van der Waals surface area (Å²) in [5, 5.41) is 38.1. The van der Waals surface area contributed by atoms with Gasteiger partial charge in [-0.15, -0.1) is 0 Å². The molecule has 0 unspecified atom stereocenters. The van der Waals surface area contributed by atoms with Crippen molar-refractivity contribution in [2.75, 3.05) is 0 Å². The number of carboxylic acids is 4. The SMILES string of the molecule is O=C(O)c1cc2ccccc2cc1C(=O)O.O=C(O)c1cccc2c(C(=O)O)cccc12. The van der Waals surface area contributed by atoms with Crippen molar-refractivity contribution < 1.29 is 39.6 Å². The lowest BCUT2D eigenvalue weighted by Crippen LogP contribution is -2.07. The fourth-order valence-electron chi connectivity index (χ4n) is 3.28. The highest BCUT2D eigenvalue weighted by atomic mass is 16.4. The summed E-state index contributed by atoms with van der Waals surface area (Å²) in [5.74, 6) is -4.59. The molecule has 0 radical (unpaired) electrons. The maximum Gasteiger partial charge on any atom is 0.336 e. The van der Waals surface area contributed by atoms with Gasteiger partial charge in [-0.3, -0.25) is 0 Å². The summed E-state index contributed by atoms with van der Waals surface area (Å²) in [6.45, 7) is 0. The van der Waals surface area contributed by atoms with E-state index in [0.29, 0.717) is 21.5 Å². The number of benzene rings is 4. The molecule has 4 aromatic carbocycles. The maximum absolute atomic E-state index is 10.9. The molecule has 0 atom stereocenters. The van der Waals surface area contributed by atoms with Gasteiger partial charge in [0.1, 0.15) is 0 Å². The van der Waals surface area contributed by atoms with Gasteiger partial charge in [0.15, 0.2) is 0 Å². The molecule has 0 heterocycles. The van der Waals surface area contributed by atoms with Gasteiger partial charge in [0.05, 0.1) is 22.3 Å². The van der Waals surface area contributed by atoms with Crippen molar-refractivity contribution in [1.29, 1.82) is 0 Å². The Morgan fingerprint density at radius 3 is 1.09 bits per heavy atom. The van der Waals surface area contributed by atoms with E-state index in [0.717, 1.165) is 0 Å². The number of hydrogen-bond acceptors (Lipinski definition) is 4. The molecule has 4 aromatic rings. The van der Waals surface area contributed by atoms with Gasteiger partial charge in [-0.05, 0) is 45.8 Å². The second kappa shape index (κ2) is 8.97. The molecular formula is C24H16O8. The van der Waals surface area contributed by atoms with Crippen molar-refractivity contribution in [3.05, 3.63) is 95.1 Å². The molecule has 0 aliphatic rings. The molecular weight excluding hydrogens is 416 g/mol. The van der Waals surface area contributed by atoms with E-state index in [4.69, 9.17) is 20.4 Å². The largest absolute Gasteiger partial charge is 0.478 e. The highest BCUT2D eigenvalue weighted by molar-refractivity contribution is 6.10. The Morgan fingerprint density at radius 2 is 0.781 bits per heavy atom. The van der Waals surface area contributed by atoms with Gasteiger partial charge in [-0.1, -0.05) is 48.5 Å². The summed E-state index contributed by atoms with van der Waals surface area (Å²) in [5.41, 5.74) is -0.154. The summed E-state index contributed by atoms with van der Waals surface area (Å²) in [7, 11) is 0. The predicted molar refractivity (Wildman–Crippen MR) is 116 cm³/mol. The van der Waals surface area contributed by atoms with E-state index in [2.05, 4.69) is 0 Å². The second-order valence-corrected chi connectivity index (χ2v) is 6.67. The third kappa shape index (κ3) is 4.39. The molecule has 160 valence electrons. The molecule has 4 rings (SSSR count). The standard InChI is InChI=1S/2C12H8O4/c13-11(14)9-5-1-3-7-8(9)4-2-6-10(7)12(15)16;13-11(14)9-5-7-3-1-2-4-8(7)6-10(9)12(15)16/h2*1-6H,(H,13,14)(H,15,16). The molecule has 4 N–H and O–H groups in total. The fraction of sp³-hybridized carbons (Fsp3) is 0. The molecule has 8 heteroatoms. The Labute approximate surface area is 180 Å². The van der Waals surface area contributed by atoms with Crippen LogP contribution >= 0.6 is 0 Å². The molecule has 0 aromatic heterocycles. The quantitative estimate of drug-likeness (QED) is 0.369. The molecule has 0 bridgehead atoms. The van der Waals surface area contributed by atoms with Crippen LogP contribution in [0.1, 0.15) is 41.4 Å². The average molecular weight is 432 g/mol. The third-order valence-corrected chi connectivity index (χ3v) is 4.73. The van der Waals surface area contributed by atoms with Crippen LogP contribution in [0.2, 0.25) is 0 Å². The number of carboxylic acid groups (broad SMARTS) is 4. The van der Waals surface area contributed by atoms with Crippen molar-refractivity contribution in [3.8, 4) is 0 Å². The van der Waals surface area contributed by atoms with Gasteiger partial charge in [0, 0.05) is 0 Å². The summed E-state index contributed by atoms with van der Waals surface area (Å²) in [4.78, 5) is 43.7. The number of fused-ring (bicyclic) bond motifs is 2. The molecule has 32 heavy (non-hydrogen) atoms. The molecule has 0 amide bonds. The van der Waals surface area contributed by atoms with Crippen LogP contribution in [0.3, 0.4) is 0 Å². The minimum atomic E-state index is -1.23. The van der Waals surface area contributed by atoms with E-state index in [1.165, 1.54) is 36.4 Å². The van der Waals surface area contributed by atoms with Gasteiger partial charge < -0.3 is 20.4 Å². The highest BCUT2D eigenvalue weighted by Crippen LogP contribution is 2.23. The number of hydrogen-bond donors (Lipinski definition) is 4. The summed E-state index contributed by atoms with van der Waals surface area (Å²) >= 11 is 0. The van der Waals surface area contributed by atoms with Crippen molar-refractivity contribution in [3.63, 3.8) is 0 Å². The van der Waals surface area contributed by atoms with E-state index >= 15 is 0 Å². The topological polar surface area (TPSA) is 149 Å². The first-order valence-corrected chi connectivity index (χ1v) is 9.18. The van der Waals surface area contributed by atoms with Gasteiger partial charge in [-0.2, -0.15) is 0 Å². The minimum Gasteiger partial charge on any atom is -0.478 e. The molecule has 0 saturated carbocycles. The zero-order valence-corrected chi connectivity index (χ0v) is 16.4. The summed E-state index contributed by atoms with van der Waals surface area (Å²) in [6, 6.07) is 19.0. The summed E-state index contributed by atoms with van der Waals surface area (Å²) in [6.07, 6.45) is 0. The van der Waals surface area contributed by atoms with Gasteiger partial charge in [-0.25, -0.2) is 19.2 Å². The smallest absolute Gasteiger partial charge is 0.336 e. The highest BCUT2D eigenvalue weighted by Gasteiger charge is 2.16. The van der Waals surface area contributed by atoms with Crippen LogP contribution in [0.4, 0.5) is 0 Å². The third-order valence-electron chi connectivity index (χ3n) is 4.73. The fourth-order valence-corrected chi connectivity index (χ4v) is 3.28. The Morgan fingerprint density at radius 1 is 0.438 bits per heavy atom.